The first kappa shape index (κ1) is 14.6. The fourth-order valence-electron chi connectivity index (χ4n) is 1.56. The molecule has 1 aliphatic rings. The Kier molecular flexibility index (Phi) is 4.28. The highest BCUT2D eigenvalue weighted by molar-refractivity contribution is 7.90. The summed E-state index contributed by atoms with van der Waals surface area (Å²) in [6.45, 7) is 0.0306. The monoisotopic (exact) mass is 286 g/mol. The molecule has 100 valence electrons. The summed E-state index contributed by atoms with van der Waals surface area (Å²) in [4.78, 5) is 11.7. The topological polar surface area (TPSA) is 156 Å². The minimum Gasteiger partial charge on any atom is -0.320 e. The van der Waals surface area contributed by atoms with Gasteiger partial charge in [-0.05, 0) is 19.3 Å². The normalized spacial score (nSPS) is 26.4. The lowest BCUT2D eigenvalue weighted by molar-refractivity contribution is -0.127. The molecule has 1 heterocycles. The average molecular weight is 286 g/mol. The Morgan fingerprint density at radius 2 is 2.06 bits per heavy atom. The summed E-state index contributed by atoms with van der Waals surface area (Å²) in [5.41, 5.74) is 10.8. The maximum Gasteiger partial charge on any atom is 0.341 e. The van der Waals surface area contributed by atoms with E-state index in [0.29, 0.717) is 23.9 Å². The predicted octanol–water partition coefficient (Wildman–Crippen LogP) is -1.21. The van der Waals surface area contributed by atoms with Crippen molar-refractivity contribution in [3.05, 3.63) is 0 Å². The maximum atomic E-state index is 11.9. The van der Waals surface area contributed by atoms with Crippen LogP contribution in [0.25, 0.3) is 0 Å². The largest absolute Gasteiger partial charge is 0.341 e. The SMILES string of the molecule is N[C@H]1CCCCN(P(N)(=O)NS(=O)(=O)O)C1=O. The number of hydrogen-bond donors (Lipinski definition) is 4. The molecule has 6 N–H and O–H groups in total. The van der Waals surface area contributed by atoms with Gasteiger partial charge >= 0.3 is 17.9 Å². The molecule has 1 saturated heterocycles. The summed E-state index contributed by atoms with van der Waals surface area (Å²) in [6, 6.07) is -0.863. The second kappa shape index (κ2) is 5.01. The highest BCUT2D eigenvalue weighted by Crippen LogP contribution is 2.39. The highest BCUT2D eigenvalue weighted by Gasteiger charge is 2.37. The Morgan fingerprint density at radius 1 is 1.47 bits per heavy atom. The van der Waals surface area contributed by atoms with Crippen LogP contribution in [0.1, 0.15) is 19.3 Å². The van der Waals surface area contributed by atoms with E-state index in [1.165, 1.54) is 4.49 Å². The number of carbonyl (C=O) groups is 1. The zero-order valence-electron chi connectivity index (χ0n) is 8.94. The minimum atomic E-state index is -4.76. The van der Waals surface area contributed by atoms with Crippen LogP contribution in [0, 0.1) is 0 Å². The molecule has 0 aromatic carbocycles. The van der Waals surface area contributed by atoms with Gasteiger partial charge in [-0.1, -0.05) is 0 Å². The molecule has 1 aliphatic heterocycles. The fourth-order valence-corrected chi connectivity index (χ4v) is 4.16. The first-order chi connectivity index (χ1) is 7.63. The van der Waals surface area contributed by atoms with Crippen LogP contribution in [0.3, 0.4) is 0 Å². The number of amides is 1. The van der Waals surface area contributed by atoms with Crippen LogP contribution in [-0.4, -0.2) is 36.1 Å². The van der Waals surface area contributed by atoms with Crippen LogP contribution in [0.2, 0.25) is 0 Å². The van der Waals surface area contributed by atoms with Gasteiger partial charge in [0, 0.05) is 6.54 Å². The molecule has 1 amide bonds. The predicted molar refractivity (Wildman–Crippen MR) is 60.0 cm³/mol. The van der Waals surface area contributed by atoms with E-state index in [1.807, 2.05) is 0 Å². The number of nitrogens with two attached hydrogens (primary N) is 2. The molecular weight excluding hydrogens is 271 g/mol. The van der Waals surface area contributed by atoms with Gasteiger partial charge in [0.15, 0.2) is 0 Å². The van der Waals surface area contributed by atoms with E-state index in [-0.39, 0.29) is 6.54 Å². The third kappa shape index (κ3) is 4.02. The number of carbonyl (C=O) groups excluding carboxylic acids is 1. The first-order valence-electron chi connectivity index (χ1n) is 4.86. The van der Waals surface area contributed by atoms with Crippen molar-refractivity contribution in [2.24, 2.45) is 11.2 Å². The second-order valence-electron chi connectivity index (χ2n) is 3.75. The molecule has 1 unspecified atom stereocenters. The summed E-state index contributed by atoms with van der Waals surface area (Å²) in [7, 11) is -8.95. The van der Waals surface area contributed by atoms with E-state index in [0.717, 1.165) is 0 Å². The number of hydrogen-bond acceptors (Lipinski definition) is 5. The molecule has 0 saturated carbocycles. The zero-order valence-corrected chi connectivity index (χ0v) is 10.7. The quantitative estimate of drug-likeness (QED) is 0.374. The molecule has 11 heteroatoms. The van der Waals surface area contributed by atoms with Crippen LogP contribution < -0.4 is 15.7 Å². The van der Waals surface area contributed by atoms with Crippen LogP contribution in [0.5, 0.6) is 0 Å². The molecule has 17 heavy (non-hydrogen) atoms. The van der Waals surface area contributed by atoms with Gasteiger partial charge in [0.2, 0.25) is 5.91 Å². The lowest BCUT2D eigenvalue weighted by atomic mass is 10.1. The lowest BCUT2D eigenvalue weighted by Crippen LogP contribution is -2.45. The average Bonchev–Trinajstić information content (AvgIpc) is 2.26. The van der Waals surface area contributed by atoms with Gasteiger partial charge in [-0.15, -0.1) is 4.49 Å². The zero-order chi connectivity index (χ0) is 13.3. The lowest BCUT2D eigenvalue weighted by Gasteiger charge is -2.27. The summed E-state index contributed by atoms with van der Waals surface area (Å²) < 4.78 is 43.6. The summed E-state index contributed by atoms with van der Waals surface area (Å²) in [5.74, 6) is -0.690. The Labute approximate surface area is 98.9 Å². The van der Waals surface area contributed by atoms with Crippen LogP contribution in [-0.2, 0) is 19.7 Å². The first-order valence-corrected chi connectivity index (χ1v) is 8.03. The van der Waals surface area contributed by atoms with Crippen molar-refractivity contribution in [2.45, 2.75) is 25.3 Å². The number of rotatable bonds is 3. The standard InChI is InChI=1S/C6H15N4O5PS/c7-5-3-1-2-4-10(6(5)11)16(8,12)9-17(13,14)15/h5H,1-4,7H2,(H3,8,9,12)(H,13,14,15)/t5-,16?/m0/s1. The molecule has 1 fully saturated rings. The van der Waals surface area contributed by atoms with Gasteiger partial charge in [0.05, 0.1) is 6.04 Å². The van der Waals surface area contributed by atoms with Gasteiger partial charge < -0.3 is 5.73 Å². The third-order valence-electron chi connectivity index (χ3n) is 2.31. The van der Waals surface area contributed by atoms with Crippen LogP contribution >= 0.6 is 7.59 Å². The Balaban J connectivity index is 2.96. The summed E-state index contributed by atoms with van der Waals surface area (Å²) in [6.07, 6.45) is 1.57. The molecular formula is C6H15N4O5PS. The van der Waals surface area contributed by atoms with E-state index in [9.17, 15) is 17.8 Å². The highest BCUT2D eigenvalue weighted by atomic mass is 32.2. The smallest absolute Gasteiger partial charge is 0.320 e. The van der Waals surface area contributed by atoms with Gasteiger partial charge in [-0.25, -0.2) is 0 Å². The second-order valence-corrected chi connectivity index (χ2v) is 7.16. The molecule has 9 nitrogen and oxygen atoms in total. The van der Waals surface area contributed by atoms with Crippen molar-refractivity contribution in [1.82, 2.24) is 9.16 Å². The van der Waals surface area contributed by atoms with Crippen molar-refractivity contribution < 1.29 is 22.3 Å². The van der Waals surface area contributed by atoms with Gasteiger partial charge in [0.1, 0.15) is 0 Å². The molecule has 0 spiro atoms. The van der Waals surface area contributed by atoms with Crippen molar-refractivity contribution in [2.75, 3.05) is 6.54 Å². The Bertz CT molecular complexity index is 451. The molecule has 0 bridgehead atoms. The van der Waals surface area contributed by atoms with Gasteiger partial charge in [-0.2, -0.15) is 8.42 Å². The molecule has 2 atom stereocenters. The van der Waals surface area contributed by atoms with E-state index in [2.05, 4.69) is 0 Å². The van der Waals surface area contributed by atoms with Crippen molar-refractivity contribution in [3.8, 4) is 0 Å². The van der Waals surface area contributed by atoms with E-state index >= 15 is 0 Å². The maximum absolute atomic E-state index is 11.9. The number of nitrogens with one attached hydrogen (secondary N) is 1. The Hall–Kier alpha value is -0.510. The minimum absolute atomic E-state index is 0.0306. The molecule has 0 aromatic rings. The number of nitrogens with zero attached hydrogens (tertiary/aromatic N) is 1. The third-order valence-corrected chi connectivity index (χ3v) is 5.40. The summed E-state index contributed by atoms with van der Waals surface area (Å²) in [5, 5.41) is 0. The van der Waals surface area contributed by atoms with Crippen molar-refractivity contribution in [3.63, 3.8) is 0 Å². The fraction of sp³-hybridized carbons (Fsp3) is 0.833. The Morgan fingerprint density at radius 3 is 2.59 bits per heavy atom. The molecule has 0 aromatic heterocycles. The van der Waals surface area contributed by atoms with Crippen LogP contribution in [0.15, 0.2) is 0 Å². The molecule has 1 rings (SSSR count). The van der Waals surface area contributed by atoms with E-state index in [4.69, 9.17) is 15.8 Å². The van der Waals surface area contributed by atoms with E-state index in [1.54, 1.807) is 0 Å². The van der Waals surface area contributed by atoms with Gasteiger partial charge in [-0.3, -0.25) is 24.1 Å². The molecule has 0 aliphatic carbocycles. The van der Waals surface area contributed by atoms with Crippen molar-refractivity contribution >= 4 is 23.8 Å². The molecule has 0 radical (unpaired) electrons. The summed E-state index contributed by atoms with van der Waals surface area (Å²) >= 11 is 0. The van der Waals surface area contributed by atoms with Crippen LogP contribution in [0.4, 0.5) is 0 Å². The van der Waals surface area contributed by atoms with Gasteiger partial charge in [0.25, 0.3) is 0 Å². The van der Waals surface area contributed by atoms with E-state index < -0.39 is 29.8 Å². The van der Waals surface area contributed by atoms with Crippen molar-refractivity contribution in [1.29, 1.82) is 0 Å².